The van der Waals surface area contributed by atoms with E-state index in [0.29, 0.717) is 17.7 Å². The van der Waals surface area contributed by atoms with Crippen molar-refractivity contribution in [3.05, 3.63) is 17.5 Å². The molecule has 0 bridgehead atoms. The summed E-state index contributed by atoms with van der Waals surface area (Å²) in [6.45, 7) is 7.97. The number of carbonyl (C=O) groups is 1. The van der Waals surface area contributed by atoms with E-state index in [1.807, 2.05) is 19.9 Å². The summed E-state index contributed by atoms with van der Waals surface area (Å²) in [5.74, 6) is 2.01. The third kappa shape index (κ3) is 10.1. The fourth-order valence-corrected chi connectivity index (χ4v) is 4.03. The molecular weight excluding hydrogens is 360 g/mol. The van der Waals surface area contributed by atoms with Gasteiger partial charge in [0.05, 0.1) is 0 Å². The zero-order chi connectivity index (χ0) is 20.9. The molecule has 29 heavy (non-hydrogen) atoms. The number of hydrogen-bond donors (Lipinski definition) is 2. The molecule has 0 spiro atoms. The first-order valence-corrected chi connectivity index (χ1v) is 11.9. The van der Waals surface area contributed by atoms with Gasteiger partial charge in [0.25, 0.3) is 0 Å². The van der Waals surface area contributed by atoms with E-state index in [1.165, 1.54) is 44.9 Å². The van der Waals surface area contributed by atoms with Crippen LogP contribution in [0.2, 0.25) is 0 Å². The Morgan fingerprint density at radius 3 is 2.28 bits per heavy atom. The van der Waals surface area contributed by atoms with E-state index in [4.69, 9.17) is 0 Å². The van der Waals surface area contributed by atoms with Crippen molar-refractivity contribution >= 4 is 11.9 Å². The third-order valence-corrected chi connectivity index (χ3v) is 5.86. The Kier molecular flexibility index (Phi) is 11.0. The Morgan fingerprint density at radius 2 is 1.55 bits per heavy atom. The first-order chi connectivity index (χ1) is 14.1. The number of unbranched alkanes of at least 4 members (excludes halogenated alkanes) is 8. The Balaban J connectivity index is 1.39. The number of nitrogens with zero attached hydrogens (tertiary/aromatic N) is 2. The molecule has 0 saturated heterocycles. The van der Waals surface area contributed by atoms with Crippen LogP contribution in [0.25, 0.3) is 0 Å². The van der Waals surface area contributed by atoms with Gasteiger partial charge in [-0.25, -0.2) is 9.97 Å². The fourth-order valence-electron chi connectivity index (χ4n) is 4.03. The topological polar surface area (TPSA) is 66.9 Å². The van der Waals surface area contributed by atoms with Gasteiger partial charge < -0.3 is 10.6 Å². The molecule has 5 nitrogen and oxygen atoms in total. The van der Waals surface area contributed by atoms with Crippen molar-refractivity contribution in [3.8, 4) is 0 Å². The van der Waals surface area contributed by atoms with Crippen LogP contribution < -0.4 is 10.6 Å². The van der Waals surface area contributed by atoms with E-state index in [1.54, 1.807) is 0 Å². The molecule has 2 atom stereocenters. The largest absolute Gasteiger partial charge is 0.356 e. The minimum absolute atomic E-state index is 0.301. The SMILES string of the molecule is CCCCCCCCC1CC1C(=O)NCCCCCCNc1nc(C)cc(C)n1. The summed E-state index contributed by atoms with van der Waals surface area (Å²) in [5, 5.41) is 6.45. The van der Waals surface area contributed by atoms with Crippen molar-refractivity contribution in [1.29, 1.82) is 0 Å². The zero-order valence-corrected chi connectivity index (χ0v) is 18.9. The molecule has 2 N–H and O–H groups in total. The van der Waals surface area contributed by atoms with Gasteiger partial charge in [-0.15, -0.1) is 0 Å². The van der Waals surface area contributed by atoms with Crippen LogP contribution in [-0.4, -0.2) is 29.0 Å². The summed E-state index contributed by atoms with van der Waals surface area (Å²) in [4.78, 5) is 21.0. The van der Waals surface area contributed by atoms with Gasteiger partial charge in [-0.05, 0) is 51.5 Å². The van der Waals surface area contributed by atoms with Crippen LogP contribution in [0.3, 0.4) is 0 Å². The highest BCUT2D eigenvalue weighted by atomic mass is 16.2. The van der Waals surface area contributed by atoms with Gasteiger partial charge in [-0.2, -0.15) is 0 Å². The smallest absolute Gasteiger partial charge is 0.223 e. The fraction of sp³-hybridized carbons (Fsp3) is 0.792. The van der Waals surface area contributed by atoms with Gasteiger partial charge in [0.15, 0.2) is 0 Å². The second-order valence-corrected chi connectivity index (χ2v) is 8.77. The predicted molar refractivity (Wildman–Crippen MR) is 121 cm³/mol. The van der Waals surface area contributed by atoms with Crippen molar-refractivity contribution in [3.63, 3.8) is 0 Å². The number of rotatable bonds is 16. The summed E-state index contributed by atoms with van der Waals surface area (Å²) < 4.78 is 0. The van der Waals surface area contributed by atoms with Crippen LogP contribution in [0.1, 0.15) is 95.4 Å². The van der Waals surface area contributed by atoms with Crippen LogP contribution in [0.4, 0.5) is 5.95 Å². The molecule has 1 fully saturated rings. The van der Waals surface area contributed by atoms with Gasteiger partial charge in [-0.1, -0.05) is 58.3 Å². The summed E-state index contributed by atoms with van der Waals surface area (Å²) in [7, 11) is 0. The van der Waals surface area contributed by atoms with Gasteiger partial charge in [0, 0.05) is 30.4 Å². The molecule has 2 rings (SSSR count). The molecule has 5 heteroatoms. The van der Waals surface area contributed by atoms with Gasteiger partial charge in [0.2, 0.25) is 11.9 Å². The lowest BCUT2D eigenvalue weighted by molar-refractivity contribution is -0.122. The number of amides is 1. The van der Waals surface area contributed by atoms with Crippen molar-refractivity contribution in [2.45, 2.75) is 97.8 Å². The monoisotopic (exact) mass is 402 g/mol. The molecule has 1 amide bonds. The summed E-state index contributed by atoms with van der Waals surface area (Å²) in [6, 6.07) is 1.98. The maximum Gasteiger partial charge on any atom is 0.223 e. The van der Waals surface area contributed by atoms with Crippen molar-refractivity contribution in [2.75, 3.05) is 18.4 Å². The molecule has 164 valence electrons. The molecule has 0 aromatic carbocycles. The van der Waals surface area contributed by atoms with Crippen molar-refractivity contribution in [1.82, 2.24) is 15.3 Å². The van der Waals surface area contributed by atoms with E-state index in [9.17, 15) is 4.79 Å². The molecule has 1 aliphatic rings. The normalized spacial score (nSPS) is 17.9. The lowest BCUT2D eigenvalue weighted by Crippen LogP contribution is -2.26. The zero-order valence-electron chi connectivity index (χ0n) is 18.9. The minimum atomic E-state index is 0.301. The van der Waals surface area contributed by atoms with Crippen LogP contribution in [0, 0.1) is 25.7 Å². The highest BCUT2D eigenvalue weighted by Crippen LogP contribution is 2.42. The molecule has 1 aliphatic carbocycles. The lowest BCUT2D eigenvalue weighted by Gasteiger charge is -2.07. The van der Waals surface area contributed by atoms with Crippen molar-refractivity contribution in [2.24, 2.45) is 11.8 Å². The lowest BCUT2D eigenvalue weighted by atomic mass is 10.1. The molecular formula is C24H42N4O. The third-order valence-electron chi connectivity index (χ3n) is 5.86. The summed E-state index contributed by atoms with van der Waals surface area (Å²) in [5.41, 5.74) is 2.00. The molecule has 2 unspecified atom stereocenters. The quantitative estimate of drug-likeness (QED) is 0.355. The van der Waals surface area contributed by atoms with Gasteiger partial charge >= 0.3 is 0 Å². The predicted octanol–water partition coefficient (Wildman–Crippen LogP) is 5.57. The summed E-state index contributed by atoms with van der Waals surface area (Å²) >= 11 is 0. The number of carbonyl (C=O) groups excluding carboxylic acids is 1. The standard InChI is InChI=1S/C24H42N4O/c1-4-5-6-7-8-11-14-21-18-22(21)23(29)25-15-12-9-10-13-16-26-24-27-19(2)17-20(3)28-24/h17,21-22H,4-16,18H2,1-3H3,(H,25,29)(H,26,27,28). The maximum atomic E-state index is 12.2. The molecule has 1 aromatic heterocycles. The van der Waals surface area contributed by atoms with E-state index < -0.39 is 0 Å². The molecule has 0 radical (unpaired) electrons. The second kappa shape index (κ2) is 13.6. The minimum Gasteiger partial charge on any atom is -0.356 e. The average Bonchev–Trinajstić information content (AvgIpc) is 3.45. The Bertz CT molecular complexity index is 584. The number of aromatic nitrogens is 2. The van der Waals surface area contributed by atoms with E-state index in [-0.39, 0.29) is 0 Å². The number of hydrogen-bond acceptors (Lipinski definition) is 4. The molecule has 1 heterocycles. The molecule has 0 aliphatic heterocycles. The first-order valence-electron chi connectivity index (χ1n) is 11.9. The number of aryl methyl sites for hydroxylation is 2. The van der Waals surface area contributed by atoms with Crippen LogP contribution >= 0.6 is 0 Å². The van der Waals surface area contributed by atoms with Crippen LogP contribution in [0.5, 0.6) is 0 Å². The maximum absolute atomic E-state index is 12.2. The van der Waals surface area contributed by atoms with E-state index in [2.05, 4.69) is 27.5 Å². The Labute approximate surface area is 177 Å². The highest BCUT2D eigenvalue weighted by molar-refractivity contribution is 5.81. The average molecular weight is 403 g/mol. The van der Waals surface area contributed by atoms with Gasteiger partial charge in [-0.3, -0.25) is 4.79 Å². The van der Waals surface area contributed by atoms with Gasteiger partial charge in [0.1, 0.15) is 0 Å². The van der Waals surface area contributed by atoms with E-state index in [0.717, 1.165) is 62.5 Å². The number of anilines is 1. The highest BCUT2D eigenvalue weighted by Gasteiger charge is 2.41. The van der Waals surface area contributed by atoms with Crippen LogP contribution in [0.15, 0.2) is 6.07 Å². The molecule has 1 aromatic rings. The Hall–Kier alpha value is -1.65. The molecule has 1 saturated carbocycles. The van der Waals surface area contributed by atoms with E-state index >= 15 is 0 Å². The summed E-state index contributed by atoms with van der Waals surface area (Å²) in [6.07, 6.45) is 14.9. The Morgan fingerprint density at radius 1 is 0.931 bits per heavy atom. The van der Waals surface area contributed by atoms with Crippen LogP contribution in [-0.2, 0) is 4.79 Å². The number of nitrogens with one attached hydrogen (secondary N) is 2. The second-order valence-electron chi connectivity index (χ2n) is 8.77. The first kappa shape index (κ1) is 23.6. The van der Waals surface area contributed by atoms with Crippen molar-refractivity contribution < 1.29 is 4.79 Å².